The lowest BCUT2D eigenvalue weighted by atomic mass is 9.70. The molecule has 0 nitrogen and oxygen atoms in total. The van der Waals surface area contributed by atoms with Crippen LogP contribution in [-0.4, -0.2) is 0 Å². The first-order valence-corrected chi connectivity index (χ1v) is 5.11. The van der Waals surface area contributed by atoms with Gasteiger partial charge in [0.1, 0.15) is 0 Å². The number of hydrogen-bond donors (Lipinski definition) is 0. The first-order chi connectivity index (χ1) is 5.11. The lowest BCUT2D eigenvalue weighted by Crippen LogP contribution is -2.27. The molecule has 0 aromatic rings. The molecule has 0 spiro atoms. The summed E-state index contributed by atoms with van der Waals surface area (Å²) in [6.07, 6.45) is 5.79. The average Bonchev–Trinajstić information content (AvgIpc) is 2.32. The molecule has 0 bridgehead atoms. The van der Waals surface area contributed by atoms with Crippen LogP contribution in [0.25, 0.3) is 0 Å². The van der Waals surface area contributed by atoms with E-state index in [0.717, 1.165) is 11.8 Å². The van der Waals surface area contributed by atoms with Crippen molar-refractivity contribution in [3.8, 4) is 0 Å². The zero-order valence-electron chi connectivity index (χ0n) is 8.48. The van der Waals surface area contributed by atoms with E-state index in [9.17, 15) is 0 Å². The van der Waals surface area contributed by atoms with Crippen LogP contribution in [0.5, 0.6) is 0 Å². The Balaban J connectivity index is 2.67. The molecule has 0 aliphatic heterocycles. The fourth-order valence-electron chi connectivity index (χ4n) is 2.69. The van der Waals surface area contributed by atoms with E-state index in [1.54, 1.807) is 0 Å². The van der Waals surface area contributed by atoms with Gasteiger partial charge in [-0.15, -0.1) is 0 Å². The Morgan fingerprint density at radius 1 is 1.45 bits per heavy atom. The van der Waals surface area contributed by atoms with Crippen molar-refractivity contribution in [3.05, 3.63) is 0 Å². The Bertz CT molecular complexity index is 126. The zero-order chi connectivity index (χ0) is 8.48. The molecular formula is C11H22. The molecule has 1 aliphatic rings. The topological polar surface area (TPSA) is 0 Å². The van der Waals surface area contributed by atoms with Gasteiger partial charge in [-0.05, 0) is 30.1 Å². The SMILES string of the molecule is CCC1CCCC1(C)C(C)C. The van der Waals surface area contributed by atoms with E-state index >= 15 is 0 Å². The average molecular weight is 154 g/mol. The van der Waals surface area contributed by atoms with Gasteiger partial charge >= 0.3 is 0 Å². The highest BCUT2D eigenvalue weighted by atomic mass is 14.4. The zero-order valence-corrected chi connectivity index (χ0v) is 8.48. The number of rotatable bonds is 2. The Kier molecular flexibility index (Phi) is 2.61. The molecule has 0 amide bonds. The first kappa shape index (κ1) is 9.09. The minimum absolute atomic E-state index is 0.661. The van der Waals surface area contributed by atoms with E-state index in [4.69, 9.17) is 0 Å². The van der Waals surface area contributed by atoms with Crippen molar-refractivity contribution >= 4 is 0 Å². The maximum Gasteiger partial charge on any atom is -0.0275 e. The smallest absolute Gasteiger partial charge is 0.0275 e. The maximum absolute atomic E-state index is 2.48. The summed E-state index contributed by atoms with van der Waals surface area (Å²) < 4.78 is 0. The first-order valence-electron chi connectivity index (χ1n) is 5.11. The van der Waals surface area contributed by atoms with Crippen molar-refractivity contribution in [2.75, 3.05) is 0 Å². The van der Waals surface area contributed by atoms with Gasteiger partial charge in [0.25, 0.3) is 0 Å². The molecule has 11 heavy (non-hydrogen) atoms. The van der Waals surface area contributed by atoms with Crippen LogP contribution in [-0.2, 0) is 0 Å². The second kappa shape index (κ2) is 3.16. The van der Waals surface area contributed by atoms with Crippen LogP contribution in [0.4, 0.5) is 0 Å². The maximum atomic E-state index is 2.48. The van der Waals surface area contributed by atoms with Gasteiger partial charge < -0.3 is 0 Å². The molecular weight excluding hydrogens is 132 g/mol. The van der Waals surface area contributed by atoms with E-state index in [1.165, 1.54) is 25.7 Å². The largest absolute Gasteiger partial charge is 0.0651 e. The normalized spacial score (nSPS) is 38.5. The van der Waals surface area contributed by atoms with Gasteiger partial charge in [0.05, 0.1) is 0 Å². The molecule has 0 N–H and O–H groups in total. The van der Waals surface area contributed by atoms with Crippen molar-refractivity contribution in [3.63, 3.8) is 0 Å². The van der Waals surface area contributed by atoms with Crippen molar-refractivity contribution in [1.29, 1.82) is 0 Å². The van der Waals surface area contributed by atoms with Gasteiger partial charge in [-0.25, -0.2) is 0 Å². The van der Waals surface area contributed by atoms with Crippen molar-refractivity contribution in [2.45, 2.75) is 53.4 Å². The molecule has 0 aromatic heterocycles. The van der Waals surface area contributed by atoms with Crippen molar-refractivity contribution in [1.82, 2.24) is 0 Å². The van der Waals surface area contributed by atoms with Crippen molar-refractivity contribution in [2.24, 2.45) is 17.3 Å². The highest BCUT2D eigenvalue weighted by Gasteiger charge is 2.39. The molecule has 1 aliphatic carbocycles. The Hall–Kier alpha value is 0. The predicted octanol–water partition coefficient (Wildman–Crippen LogP) is 3.86. The molecule has 1 fully saturated rings. The van der Waals surface area contributed by atoms with E-state index in [2.05, 4.69) is 27.7 Å². The van der Waals surface area contributed by atoms with Crippen LogP contribution < -0.4 is 0 Å². The second-order valence-electron chi connectivity index (χ2n) is 4.66. The molecule has 66 valence electrons. The molecule has 2 atom stereocenters. The van der Waals surface area contributed by atoms with Gasteiger partial charge in [0, 0.05) is 0 Å². The summed E-state index contributed by atoms with van der Waals surface area (Å²) in [7, 11) is 0. The molecule has 0 saturated heterocycles. The minimum Gasteiger partial charge on any atom is -0.0651 e. The van der Waals surface area contributed by atoms with Gasteiger partial charge in [0.2, 0.25) is 0 Å². The molecule has 0 heteroatoms. The second-order valence-corrected chi connectivity index (χ2v) is 4.66. The Morgan fingerprint density at radius 3 is 2.45 bits per heavy atom. The highest BCUT2D eigenvalue weighted by molar-refractivity contribution is 4.89. The van der Waals surface area contributed by atoms with E-state index in [-0.39, 0.29) is 0 Å². The summed E-state index contributed by atoms with van der Waals surface area (Å²) in [4.78, 5) is 0. The summed E-state index contributed by atoms with van der Waals surface area (Å²) in [6.45, 7) is 9.59. The van der Waals surface area contributed by atoms with Crippen LogP contribution in [0.15, 0.2) is 0 Å². The molecule has 1 saturated carbocycles. The summed E-state index contributed by atoms with van der Waals surface area (Å²) in [5.74, 6) is 1.87. The van der Waals surface area contributed by atoms with E-state index in [0.29, 0.717) is 5.41 Å². The van der Waals surface area contributed by atoms with Crippen LogP contribution in [0.3, 0.4) is 0 Å². The summed E-state index contributed by atoms with van der Waals surface area (Å²) in [5, 5.41) is 0. The lowest BCUT2D eigenvalue weighted by molar-refractivity contribution is 0.144. The quantitative estimate of drug-likeness (QED) is 0.566. The van der Waals surface area contributed by atoms with Gasteiger partial charge in [0.15, 0.2) is 0 Å². The fourth-order valence-corrected chi connectivity index (χ4v) is 2.69. The van der Waals surface area contributed by atoms with Gasteiger partial charge in [-0.1, -0.05) is 40.5 Å². The standard InChI is InChI=1S/C11H22/c1-5-10-7-6-8-11(10,4)9(2)3/h9-10H,5-8H2,1-4H3. The third-order valence-corrected chi connectivity index (χ3v) is 4.01. The summed E-state index contributed by atoms with van der Waals surface area (Å²) in [5.41, 5.74) is 0.661. The highest BCUT2D eigenvalue weighted by Crippen LogP contribution is 2.49. The van der Waals surface area contributed by atoms with Crippen LogP contribution >= 0.6 is 0 Å². The molecule has 0 radical (unpaired) electrons. The number of hydrogen-bond acceptors (Lipinski definition) is 0. The fraction of sp³-hybridized carbons (Fsp3) is 1.00. The van der Waals surface area contributed by atoms with Gasteiger partial charge in [-0.3, -0.25) is 0 Å². The summed E-state index contributed by atoms with van der Waals surface area (Å²) in [6, 6.07) is 0. The minimum atomic E-state index is 0.661. The van der Waals surface area contributed by atoms with Crippen LogP contribution in [0.1, 0.15) is 53.4 Å². The van der Waals surface area contributed by atoms with Crippen LogP contribution in [0, 0.1) is 17.3 Å². The Labute approximate surface area is 71.4 Å². The Morgan fingerprint density at radius 2 is 2.09 bits per heavy atom. The molecule has 0 heterocycles. The van der Waals surface area contributed by atoms with Crippen molar-refractivity contribution < 1.29 is 0 Å². The van der Waals surface area contributed by atoms with Crippen LogP contribution in [0.2, 0.25) is 0 Å². The van der Waals surface area contributed by atoms with E-state index < -0.39 is 0 Å². The van der Waals surface area contributed by atoms with Gasteiger partial charge in [-0.2, -0.15) is 0 Å². The molecule has 0 aromatic carbocycles. The monoisotopic (exact) mass is 154 g/mol. The predicted molar refractivity (Wildman–Crippen MR) is 50.6 cm³/mol. The third-order valence-electron chi connectivity index (χ3n) is 4.01. The summed E-state index contributed by atoms with van der Waals surface area (Å²) >= 11 is 0. The molecule has 2 unspecified atom stereocenters. The molecule has 1 rings (SSSR count). The van der Waals surface area contributed by atoms with E-state index in [1.807, 2.05) is 0 Å². The lowest BCUT2D eigenvalue weighted by Gasteiger charge is -2.35. The third kappa shape index (κ3) is 1.45.